The second kappa shape index (κ2) is 8.29. The van der Waals surface area contributed by atoms with Crippen molar-refractivity contribution in [3.8, 4) is 0 Å². The van der Waals surface area contributed by atoms with Crippen LogP contribution in [0.25, 0.3) is 0 Å². The smallest absolute Gasteiger partial charge is 0.0494 e. The highest BCUT2D eigenvalue weighted by molar-refractivity contribution is 4.73. The molecule has 0 radical (unpaired) electrons. The van der Waals surface area contributed by atoms with Gasteiger partial charge in [0.05, 0.1) is 0 Å². The van der Waals surface area contributed by atoms with Crippen molar-refractivity contribution in [3.05, 3.63) is 0 Å². The van der Waals surface area contributed by atoms with Crippen LogP contribution in [0, 0.1) is 23.7 Å². The summed E-state index contributed by atoms with van der Waals surface area (Å²) in [5.41, 5.74) is 0. The number of hydrogen-bond donors (Lipinski definition) is 0. The summed E-state index contributed by atoms with van der Waals surface area (Å²) < 4.78 is 6.05. The van der Waals surface area contributed by atoms with E-state index in [2.05, 4.69) is 13.8 Å². The third kappa shape index (κ3) is 5.10. The largest absolute Gasteiger partial charge is 0.381 e. The van der Waals surface area contributed by atoms with Crippen LogP contribution in [0.3, 0.4) is 0 Å². The Hall–Kier alpha value is -0.0400. The van der Waals surface area contributed by atoms with Crippen LogP contribution in [-0.4, -0.2) is 13.2 Å². The van der Waals surface area contributed by atoms with Crippen LogP contribution in [-0.2, 0) is 4.74 Å². The maximum atomic E-state index is 6.05. The summed E-state index contributed by atoms with van der Waals surface area (Å²) in [6, 6.07) is 0. The Morgan fingerprint density at radius 1 is 0.579 bits per heavy atom. The van der Waals surface area contributed by atoms with Gasteiger partial charge >= 0.3 is 0 Å². The fourth-order valence-corrected chi connectivity index (χ4v) is 4.01. The van der Waals surface area contributed by atoms with Crippen molar-refractivity contribution >= 4 is 0 Å². The molecule has 0 aromatic rings. The van der Waals surface area contributed by atoms with Gasteiger partial charge in [-0.15, -0.1) is 0 Å². The molecule has 2 saturated carbocycles. The lowest BCUT2D eigenvalue weighted by Crippen LogP contribution is -2.22. The van der Waals surface area contributed by atoms with Crippen molar-refractivity contribution in [2.75, 3.05) is 13.2 Å². The lowest BCUT2D eigenvalue weighted by atomic mass is 9.80. The van der Waals surface area contributed by atoms with E-state index in [-0.39, 0.29) is 0 Å². The van der Waals surface area contributed by atoms with Gasteiger partial charge in [-0.25, -0.2) is 0 Å². The molecule has 2 aliphatic rings. The van der Waals surface area contributed by atoms with E-state index < -0.39 is 0 Å². The summed E-state index contributed by atoms with van der Waals surface area (Å²) >= 11 is 0. The molecule has 112 valence electrons. The minimum atomic E-state index is 0.870. The van der Waals surface area contributed by atoms with Gasteiger partial charge in [0.25, 0.3) is 0 Å². The van der Waals surface area contributed by atoms with E-state index in [0.29, 0.717) is 0 Å². The van der Waals surface area contributed by atoms with Crippen LogP contribution in [0.15, 0.2) is 0 Å². The first-order valence-corrected chi connectivity index (χ1v) is 8.89. The molecule has 2 rings (SSSR count). The van der Waals surface area contributed by atoms with Crippen LogP contribution in [0.1, 0.15) is 78.1 Å². The van der Waals surface area contributed by atoms with Crippen LogP contribution in [0.5, 0.6) is 0 Å². The highest BCUT2D eigenvalue weighted by Gasteiger charge is 2.22. The zero-order valence-electron chi connectivity index (χ0n) is 13.2. The molecule has 0 bridgehead atoms. The standard InChI is InChI=1S/C18H34O/c1-3-15-5-9-17(10-6-15)13-19-14-18-11-7-16(4-2)8-12-18/h15-18H,3-14H2,1-2H3/t15-,16-,17-,18-. The molecule has 0 aliphatic heterocycles. The number of hydrogen-bond acceptors (Lipinski definition) is 1. The molecule has 19 heavy (non-hydrogen) atoms. The van der Waals surface area contributed by atoms with Gasteiger partial charge in [0.15, 0.2) is 0 Å². The fraction of sp³-hybridized carbons (Fsp3) is 1.00. The lowest BCUT2D eigenvalue weighted by molar-refractivity contribution is 0.0413. The van der Waals surface area contributed by atoms with E-state index in [0.717, 1.165) is 36.9 Å². The molecule has 0 aromatic carbocycles. The first-order chi connectivity index (χ1) is 9.31. The summed E-state index contributed by atoms with van der Waals surface area (Å²) in [6.07, 6.45) is 14.2. The maximum absolute atomic E-state index is 6.05. The first kappa shape index (κ1) is 15.4. The highest BCUT2D eigenvalue weighted by Crippen LogP contribution is 2.32. The van der Waals surface area contributed by atoms with Gasteiger partial charge in [-0.3, -0.25) is 0 Å². The van der Waals surface area contributed by atoms with Crippen LogP contribution in [0.2, 0.25) is 0 Å². The van der Waals surface area contributed by atoms with E-state index >= 15 is 0 Å². The van der Waals surface area contributed by atoms with Crippen molar-refractivity contribution in [1.29, 1.82) is 0 Å². The Bertz CT molecular complexity index is 198. The Morgan fingerprint density at radius 2 is 0.895 bits per heavy atom. The summed E-state index contributed by atoms with van der Waals surface area (Å²) in [5.74, 6) is 3.77. The van der Waals surface area contributed by atoms with Crippen molar-refractivity contribution in [2.24, 2.45) is 23.7 Å². The van der Waals surface area contributed by atoms with Gasteiger partial charge in [-0.2, -0.15) is 0 Å². The summed E-state index contributed by atoms with van der Waals surface area (Å²) in [5, 5.41) is 0. The van der Waals surface area contributed by atoms with E-state index in [9.17, 15) is 0 Å². The maximum Gasteiger partial charge on any atom is 0.0494 e. The third-order valence-corrected chi connectivity index (χ3v) is 5.79. The van der Waals surface area contributed by atoms with Crippen molar-refractivity contribution in [2.45, 2.75) is 78.1 Å². The molecule has 2 aliphatic carbocycles. The lowest BCUT2D eigenvalue weighted by Gasteiger charge is -2.30. The predicted octanol–water partition coefficient (Wildman–Crippen LogP) is 5.44. The van der Waals surface area contributed by atoms with Crippen molar-refractivity contribution in [1.82, 2.24) is 0 Å². The van der Waals surface area contributed by atoms with Crippen LogP contribution >= 0.6 is 0 Å². The number of ether oxygens (including phenoxy) is 1. The van der Waals surface area contributed by atoms with Gasteiger partial charge in [-0.1, -0.05) is 52.4 Å². The molecule has 0 saturated heterocycles. The SMILES string of the molecule is CC[C@H]1CC[C@H](COC[C@H]2CC[C@H](CC)CC2)CC1. The zero-order valence-corrected chi connectivity index (χ0v) is 13.2. The summed E-state index contributed by atoms with van der Waals surface area (Å²) in [7, 11) is 0. The zero-order chi connectivity index (χ0) is 13.5. The molecule has 1 nitrogen and oxygen atoms in total. The normalized spacial score (nSPS) is 36.3. The van der Waals surface area contributed by atoms with Crippen LogP contribution < -0.4 is 0 Å². The summed E-state index contributed by atoms with van der Waals surface area (Å²) in [6.45, 7) is 6.77. The molecule has 0 atom stereocenters. The Kier molecular flexibility index (Phi) is 6.70. The molecule has 0 unspecified atom stereocenters. The Labute approximate surface area is 120 Å². The van der Waals surface area contributed by atoms with Gasteiger partial charge in [0.2, 0.25) is 0 Å². The monoisotopic (exact) mass is 266 g/mol. The highest BCUT2D eigenvalue weighted by atomic mass is 16.5. The van der Waals surface area contributed by atoms with E-state index in [4.69, 9.17) is 4.74 Å². The van der Waals surface area contributed by atoms with Crippen molar-refractivity contribution < 1.29 is 4.74 Å². The summed E-state index contributed by atoms with van der Waals surface area (Å²) in [4.78, 5) is 0. The van der Waals surface area contributed by atoms with Crippen molar-refractivity contribution in [3.63, 3.8) is 0 Å². The molecular weight excluding hydrogens is 232 g/mol. The number of rotatable bonds is 6. The Balaban J connectivity index is 1.53. The quantitative estimate of drug-likeness (QED) is 0.622. The topological polar surface area (TPSA) is 9.23 Å². The first-order valence-electron chi connectivity index (χ1n) is 8.89. The van der Waals surface area contributed by atoms with E-state index in [1.54, 1.807) is 0 Å². The Morgan fingerprint density at radius 3 is 1.21 bits per heavy atom. The van der Waals surface area contributed by atoms with Crippen LogP contribution in [0.4, 0.5) is 0 Å². The average Bonchev–Trinajstić information content (AvgIpc) is 2.49. The minimum Gasteiger partial charge on any atom is -0.381 e. The molecule has 0 aromatic heterocycles. The molecular formula is C18H34O. The third-order valence-electron chi connectivity index (χ3n) is 5.79. The van der Waals surface area contributed by atoms with Gasteiger partial charge < -0.3 is 4.74 Å². The van der Waals surface area contributed by atoms with E-state index in [1.165, 1.54) is 64.2 Å². The molecule has 0 N–H and O–H groups in total. The van der Waals surface area contributed by atoms with E-state index in [1.807, 2.05) is 0 Å². The second-order valence-electron chi connectivity index (χ2n) is 7.13. The molecule has 0 amide bonds. The fourth-order valence-electron chi connectivity index (χ4n) is 4.01. The molecule has 0 spiro atoms. The second-order valence-corrected chi connectivity index (χ2v) is 7.13. The van der Waals surface area contributed by atoms with Gasteiger partial charge in [0, 0.05) is 13.2 Å². The van der Waals surface area contributed by atoms with Gasteiger partial charge in [-0.05, 0) is 49.4 Å². The average molecular weight is 266 g/mol. The predicted molar refractivity (Wildman–Crippen MR) is 82.3 cm³/mol. The molecule has 1 heteroatoms. The minimum absolute atomic E-state index is 0.870. The molecule has 2 fully saturated rings. The van der Waals surface area contributed by atoms with Gasteiger partial charge in [0.1, 0.15) is 0 Å². The molecule has 0 heterocycles.